The Bertz CT molecular complexity index is 561. The third-order valence-corrected chi connectivity index (χ3v) is 4.04. The van der Waals surface area contributed by atoms with Crippen LogP contribution in [-0.2, 0) is 10.0 Å². The maximum atomic E-state index is 12.3. The lowest BCUT2D eigenvalue weighted by Gasteiger charge is -2.11. The Morgan fingerprint density at radius 1 is 1.50 bits per heavy atom. The van der Waals surface area contributed by atoms with Crippen LogP contribution in [0.4, 0.5) is 4.39 Å². The number of carbonyl (C=O) groups is 1. The van der Waals surface area contributed by atoms with Crippen molar-refractivity contribution in [2.45, 2.75) is 17.9 Å². The molecular formula is C10H11BrFNO4S. The van der Waals surface area contributed by atoms with E-state index in [9.17, 15) is 17.6 Å². The van der Waals surface area contributed by atoms with Crippen molar-refractivity contribution in [3.63, 3.8) is 0 Å². The fraction of sp³-hybridized carbons (Fsp3) is 0.300. The Morgan fingerprint density at radius 3 is 2.61 bits per heavy atom. The van der Waals surface area contributed by atoms with Gasteiger partial charge in [0.15, 0.2) is 0 Å². The van der Waals surface area contributed by atoms with Crippen LogP contribution in [0.3, 0.4) is 0 Å². The number of carboxylic acid groups (broad SMARTS) is 1. The monoisotopic (exact) mass is 339 g/mol. The van der Waals surface area contributed by atoms with Gasteiger partial charge in [0, 0.05) is 10.5 Å². The lowest BCUT2D eigenvalue weighted by Crippen LogP contribution is -2.34. The van der Waals surface area contributed by atoms with Gasteiger partial charge in [-0.2, -0.15) is 0 Å². The number of nitrogens with one attached hydrogen (secondary N) is 1. The molecule has 0 heterocycles. The van der Waals surface area contributed by atoms with Gasteiger partial charge in [-0.05, 0) is 25.1 Å². The third kappa shape index (κ3) is 3.76. The molecule has 0 bridgehead atoms. The van der Waals surface area contributed by atoms with Gasteiger partial charge in [-0.1, -0.05) is 15.9 Å². The highest BCUT2D eigenvalue weighted by molar-refractivity contribution is 9.10. The van der Waals surface area contributed by atoms with E-state index in [0.29, 0.717) is 4.47 Å². The summed E-state index contributed by atoms with van der Waals surface area (Å²) in [5.74, 6) is -1.24. The van der Waals surface area contributed by atoms with E-state index in [1.807, 2.05) is 0 Å². The van der Waals surface area contributed by atoms with E-state index in [1.165, 1.54) is 19.1 Å². The molecule has 18 heavy (non-hydrogen) atoms. The summed E-state index contributed by atoms with van der Waals surface area (Å²) in [7, 11) is -3.93. The van der Waals surface area contributed by atoms with Crippen molar-refractivity contribution in [1.29, 1.82) is 0 Å². The SMILES string of the molecule is CC(CF)NS(=O)(=O)c1cc(Br)cc(C(=O)O)c1. The fourth-order valence-electron chi connectivity index (χ4n) is 1.21. The minimum Gasteiger partial charge on any atom is -0.478 e. The molecule has 0 saturated carbocycles. The Balaban J connectivity index is 3.20. The van der Waals surface area contributed by atoms with Crippen molar-refractivity contribution in [2.24, 2.45) is 0 Å². The summed E-state index contributed by atoms with van der Waals surface area (Å²) in [5, 5.41) is 8.83. The van der Waals surface area contributed by atoms with E-state index in [4.69, 9.17) is 5.11 Å². The van der Waals surface area contributed by atoms with Crippen LogP contribution in [0.1, 0.15) is 17.3 Å². The summed E-state index contributed by atoms with van der Waals surface area (Å²) < 4.78 is 38.4. The second-order valence-electron chi connectivity index (χ2n) is 3.66. The number of benzene rings is 1. The molecular weight excluding hydrogens is 329 g/mol. The molecule has 0 radical (unpaired) electrons. The van der Waals surface area contributed by atoms with Gasteiger partial charge in [0.2, 0.25) is 10.0 Å². The largest absolute Gasteiger partial charge is 0.478 e. The summed E-state index contributed by atoms with van der Waals surface area (Å²) in [6.07, 6.45) is 0. The van der Waals surface area contributed by atoms with Crippen LogP contribution < -0.4 is 4.72 Å². The smallest absolute Gasteiger partial charge is 0.335 e. The molecule has 100 valence electrons. The molecule has 1 unspecified atom stereocenters. The molecule has 0 aromatic heterocycles. The first kappa shape index (κ1) is 15.1. The first-order valence-corrected chi connectivity index (χ1v) is 7.16. The molecule has 0 aliphatic rings. The molecule has 5 nitrogen and oxygen atoms in total. The van der Waals surface area contributed by atoms with Gasteiger partial charge in [-0.3, -0.25) is 0 Å². The Kier molecular flexibility index (Phi) is 4.83. The summed E-state index contributed by atoms with van der Waals surface area (Å²) in [4.78, 5) is 10.6. The van der Waals surface area contributed by atoms with Crippen LogP contribution in [0.2, 0.25) is 0 Å². The predicted molar refractivity (Wildman–Crippen MR) is 66.9 cm³/mol. The van der Waals surface area contributed by atoms with Gasteiger partial charge >= 0.3 is 5.97 Å². The topological polar surface area (TPSA) is 83.5 Å². The number of sulfonamides is 1. The number of alkyl halides is 1. The Hall–Kier alpha value is -0.990. The van der Waals surface area contributed by atoms with E-state index in [1.54, 1.807) is 0 Å². The molecule has 0 aliphatic heterocycles. The van der Waals surface area contributed by atoms with Gasteiger partial charge in [-0.15, -0.1) is 0 Å². The third-order valence-electron chi connectivity index (χ3n) is 2.02. The summed E-state index contributed by atoms with van der Waals surface area (Å²) in [5.41, 5.74) is -0.169. The quantitative estimate of drug-likeness (QED) is 0.856. The molecule has 1 atom stereocenters. The average Bonchev–Trinajstić information content (AvgIpc) is 2.27. The van der Waals surface area contributed by atoms with Crippen molar-refractivity contribution < 1.29 is 22.7 Å². The lowest BCUT2D eigenvalue weighted by atomic mass is 10.2. The highest BCUT2D eigenvalue weighted by atomic mass is 79.9. The summed E-state index contributed by atoms with van der Waals surface area (Å²) in [6, 6.07) is 2.67. The fourth-order valence-corrected chi connectivity index (χ4v) is 3.14. The molecule has 8 heteroatoms. The highest BCUT2D eigenvalue weighted by Gasteiger charge is 2.19. The average molecular weight is 340 g/mol. The second-order valence-corrected chi connectivity index (χ2v) is 6.29. The van der Waals surface area contributed by atoms with Crippen molar-refractivity contribution in [3.05, 3.63) is 28.2 Å². The van der Waals surface area contributed by atoms with E-state index >= 15 is 0 Å². The van der Waals surface area contributed by atoms with Gasteiger partial charge < -0.3 is 5.11 Å². The second kappa shape index (κ2) is 5.77. The van der Waals surface area contributed by atoms with E-state index in [0.717, 1.165) is 6.07 Å². The molecule has 1 rings (SSSR count). The molecule has 2 N–H and O–H groups in total. The van der Waals surface area contributed by atoms with Crippen LogP contribution in [0.5, 0.6) is 0 Å². The molecule has 0 saturated heterocycles. The predicted octanol–water partition coefficient (Wildman–Crippen LogP) is 1.78. The van der Waals surface area contributed by atoms with Crippen LogP contribution in [0.25, 0.3) is 0 Å². The van der Waals surface area contributed by atoms with Crippen molar-refractivity contribution in [3.8, 4) is 0 Å². The zero-order chi connectivity index (χ0) is 13.9. The molecule has 0 spiro atoms. The first-order chi connectivity index (χ1) is 8.26. The number of carboxylic acids is 1. The minimum absolute atomic E-state index is 0.169. The van der Waals surface area contributed by atoms with Crippen LogP contribution >= 0.6 is 15.9 Å². The van der Waals surface area contributed by atoms with Gasteiger partial charge in [-0.25, -0.2) is 22.3 Å². The lowest BCUT2D eigenvalue weighted by molar-refractivity contribution is 0.0696. The molecule has 0 aliphatic carbocycles. The maximum Gasteiger partial charge on any atom is 0.335 e. The molecule has 1 aromatic carbocycles. The van der Waals surface area contributed by atoms with Gasteiger partial charge in [0.05, 0.1) is 10.5 Å². The number of halogens is 2. The highest BCUT2D eigenvalue weighted by Crippen LogP contribution is 2.20. The zero-order valence-electron chi connectivity index (χ0n) is 9.35. The van der Waals surface area contributed by atoms with Crippen molar-refractivity contribution in [2.75, 3.05) is 6.67 Å². The van der Waals surface area contributed by atoms with Crippen molar-refractivity contribution >= 4 is 31.9 Å². The number of aromatic carboxylic acids is 1. The van der Waals surface area contributed by atoms with Crippen LogP contribution in [-0.4, -0.2) is 32.2 Å². The number of hydrogen-bond acceptors (Lipinski definition) is 3. The summed E-state index contributed by atoms with van der Waals surface area (Å²) >= 11 is 3.03. The van der Waals surface area contributed by atoms with Crippen LogP contribution in [0.15, 0.2) is 27.6 Å². The Morgan fingerprint density at radius 2 is 2.11 bits per heavy atom. The van der Waals surface area contributed by atoms with Gasteiger partial charge in [0.1, 0.15) is 6.67 Å². The number of hydrogen-bond donors (Lipinski definition) is 2. The standard InChI is InChI=1S/C10H11BrFNO4S/c1-6(5-12)13-18(16,17)9-3-7(10(14)15)2-8(11)4-9/h2-4,6,13H,5H2,1H3,(H,14,15). The van der Waals surface area contributed by atoms with Gasteiger partial charge in [0.25, 0.3) is 0 Å². The first-order valence-electron chi connectivity index (χ1n) is 4.88. The van der Waals surface area contributed by atoms with E-state index in [-0.39, 0.29) is 10.5 Å². The van der Waals surface area contributed by atoms with Crippen molar-refractivity contribution in [1.82, 2.24) is 4.72 Å². The van der Waals surface area contributed by atoms with E-state index < -0.39 is 28.7 Å². The summed E-state index contributed by atoms with van der Waals surface area (Å²) in [6.45, 7) is 0.520. The molecule has 0 fully saturated rings. The Labute approximate surface area is 112 Å². The maximum absolute atomic E-state index is 12.3. The minimum atomic E-state index is -3.93. The number of rotatable bonds is 5. The van der Waals surface area contributed by atoms with Crippen LogP contribution in [0, 0.1) is 0 Å². The molecule has 0 amide bonds. The zero-order valence-corrected chi connectivity index (χ0v) is 11.8. The molecule has 1 aromatic rings. The normalized spacial score (nSPS) is 13.3. The van der Waals surface area contributed by atoms with E-state index in [2.05, 4.69) is 20.7 Å².